The van der Waals surface area contributed by atoms with Gasteiger partial charge in [-0.1, -0.05) is 0 Å². The van der Waals surface area contributed by atoms with Gasteiger partial charge in [0.1, 0.15) is 12.1 Å². The molecule has 146 valence electrons. The Hall–Kier alpha value is -1.89. The molecule has 4 aliphatic carbocycles. The lowest BCUT2D eigenvalue weighted by atomic mass is 9.48. The molecule has 1 aromatic heterocycles. The van der Waals surface area contributed by atoms with Gasteiger partial charge >= 0.3 is 6.09 Å². The summed E-state index contributed by atoms with van der Waals surface area (Å²) in [6.07, 6.45) is 8.49. The van der Waals surface area contributed by atoms with Crippen LogP contribution in [-0.4, -0.2) is 50.4 Å². The maximum atomic E-state index is 11.2. The molecule has 1 unspecified atom stereocenters. The topological polar surface area (TPSA) is 98.6 Å². The summed E-state index contributed by atoms with van der Waals surface area (Å²) in [4.78, 5) is 21.2. The second-order valence-corrected chi connectivity index (χ2v) is 9.28. The molecule has 1 aliphatic heterocycles. The van der Waals surface area contributed by atoms with Crippen LogP contribution in [0.15, 0.2) is 6.33 Å². The van der Waals surface area contributed by atoms with E-state index in [2.05, 4.69) is 15.3 Å². The number of hydrogen-bond donors (Lipinski definition) is 3. The molecule has 0 radical (unpaired) electrons. The number of aliphatic hydroxyl groups is 1. The van der Waals surface area contributed by atoms with Crippen molar-refractivity contribution in [1.82, 2.24) is 14.9 Å². The predicted octanol–water partition coefficient (Wildman–Crippen LogP) is 2.50. The van der Waals surface area contributed by atoms with Crippen molar-refractivity contribution in [3.05, 3.63) is 17.6 Å². The Morgan fingerprint density at radius 1 is 1.22 bits per heavy atom. The third-order valence-corrected chi connectivity index (χ3v) is 7.53. The zero-order valence-electron chi connectivity index (χ0n) is 15.6. The zero-order valence-corrected chi connectivity index (χ0v) is 15.6. The van der Waals surface area contributed by atoms with Gasteiger partial charge in [0.25, 0.3) is 0 Å². The first-order valence-electron chi connectivity index (χ1n) is 10.2. The number of fused-ring (bicyclic) bond motifs is 1. The normalized spacial score (nSPS) is 35.0. The Kier molecular flexibility index (Phi) is 4.04. The number of carboxylic acid groups (broad SMARTS) is 1. The molecule has 3 N–H and O–H groups in total. The van der Waals surface area contributed by atoms with Gasteiger partial charge in [0.05, 0.1) is 18.3 Å². The summed E-state index contributed by atoms with van der Waals surface area (Å²) in [5, 5.41) is 23.7. The third-order valence-electron chi connectivity index (χ3n) is 7.53. The van der Waals surface area contributed by atoms with Crippen molar-refractivity contribution in [2.75, 3.05) is 18.4 Å². The molecule has 1 atom stereocenters. The molecule has 7 nitrogen and oxygen atoms in total. The van der Waals surface area contributed by atoms with Gasteiger partial charge in [-0.3, -0.25) is 0 Å². The van der Waals surface area contributed by atoms with Crippen LogP contribution in [0, 0.1) is 23.2 Å². The maximum Gasteiger partial charge on any atom is 0.407 e. The van der Waals surface area contributed by atoms with E-state index in [1.165, 1.54) is 49.8 Å². The molecule has 1 aromatic rings. The van der Waals surface area contributed by atoms with Crippen molar-refractivity contribution in [2.24, 2.45) is 23.2 Å². The average molecular weight is 372 g/mol. The summed E-state index contributed by atoms with van der Waals surface area (Å²) < 4.78 is 0. The molecule has 2 heterocycles. The predicted molar refractivity (Wildman–Crippen MR) is 99.3 cm³/mol. The number of anilines is 1. The third kappa shape index (κ3) is 2.96. The highest BCUT2D eigenvalue weighted by Gasteiger charge is 2.53. The highest BCUT2D eigenvalue weighted by molar-refractivity contribution is 5.66. The van der Waals surface area contributed by atoms with Crippen LogP contribution in [-0.2, 0) is 13.0 Å². The molecule has 0 saturated heterocycles. The number of rotatable bonds is 4. The molecule has 6 rings (SSSR count). The highest BCUT2D eigenvalue weighted by atomic mass is 16.4. The monoisotopic (exact) mass is 372 g/mol. The molecule has 0 spiro atoms. The van der Waals surface area contributed by atoms with E-state index in [-0.39, 0.29) is 11.5 Å². The SMILES string of the molecule is O=C(O)N1CCc2c(ncnc2NCC(O)C23CC4CC(CC(C4)C2)C3)C1. The average Bonchev–Trinajstić information content (AvgIpc) is 2.64. The standard InChI is InChI=1S/C20H28N4O3/c25-17(20-6-12-3-13(7-20)5-14(4-12)8-20)9-21-18-15-1-2-24(19(26)27)10-16(15)22-11-23-18/h11-14,17,25H,1-10H2,(H,26,27)(H,21,22,23). The van der Waals surface area contributed by atoms with E-state index >= 15 is 0 Å². The van der Waals surface area contributed by atoms with Crippen LogP contribution >= 0.6 is 0 Å². The summed E-state index contributed by atoms with van der Waals surface area (Å²) in [5.41, 5.74) is 1.85. The van der Waals surface area contributed by atoms with Crippen LogP contribution < -0.4 is 5.32 Å². The number of amides is 1. The van der Waals surface area contributed by atoms with Gasteiger partial charge in [-0.15, -0.1) is 0 Å². The van der Waals surface area contributed by atoms with Crippen molar-refractivity contribution in [1.29, 1.82) is 0 Å². The summed E-state index contributed by atoms with van der Waals surface area (Å²) in [7, 11) is 0. The van der Waals surface area contributed by atoms with Crippen LogP contribution in [0.1, 0.15) is 49.8 Å². The molecule has 7 heteroatoms. The van der Waals surface area contributed by atoms with E-state index in [9.17, 15) is 15.0 Å². The molecule has 4 fully saturated rings. The van der Waals surface area contributed by atoms with Crippen LogP contribution in [0.25, 0.3) is 0 Å². The molecule has 0 aromatic carbocycles. The first kappa shape index (κ1) is 17.2. The van der Waals surface area contributed by atoms with Gasteiger partial charge in [0.15, 0.2) is 0 Å². The molecule has 1 amide bonds. The van der Waals surface area contributed by atoms with E-state index in [1.807, 2.05) is 0 Å². The molecular weight excluding hydrogens is 344 g/mol. The first-order chi connectivity index (χ1) is 13.0. The number of aromatic nitrogens is 2. The van der Waals surface area contributed by atoms with Crippen LogP contribution in [0.3, 0.4) is 0 Å². The minimum atomic E-state index is -0.911. The fraction of sp³-hybridized carbons (Fsp3) is 0.750. The Morgan fingerprint density at radius 3 is 2.52 bits per heavy atom. The van der Waals surface area contributed by atoms with Crippen LogP contribution in [0.4, 0.5) is 10.6 Å². The van der Waals surface area contributed by atoms with Gasteiger partial charge in [0, 0.05) is 18.7 Å². The summed E-state index contributed by atoms with van der Waals surface area (Å²) in [5.74, 6) is 3.22. The quantitative estimate of drug-likeness (QED) is 0.751. The van der Waals surface area contributed by atoms with E-state index in [4.69, 9.17) is 0 Å². The van der Waals surface area contributed by atoms with E-state index in [0.717, 1.165) is 34.8 Å². The minimum Gasteiger partial charge on any atom is -0.465 e. The van der Waals surface area contributed by atoms with Crippen molar-refractivity contribution in [3.8, 4) is 0 Å². The molecule has 4 bridgehead atoms. The van der Waals surface area contributed by atoms with Gasteiger partial charge < -0.3 is 20.4 Å². The summed E-state index contributed by atoms with van der Waals surface area (Å²) in [6, 6.07) is 0. The van der Waals surface area contributed by atoms with Crippen LogP contribution in [0.2, 0.25) is 0 Å². The van der Waals surface area contributed by atoms with Crippen LogP contribution in [0.5, 0.6) is 0 Å². The smallest absolute Gasteiger partial charge is 0.407 e. The number of nitrogens with zero attached hydrogens (tertiary/aromatic N) is 3. The number of nitrogens with one attached hydrogen (secondary N) is 1. The molecule has 4 saturated carbocycles. The fourth-order valence-corrected chi connectivity index (χ4v) is 6.67. The second kappa shape index (κ2) is 6.33. The summed E-state index contributed by atoms with van der Waals surface area (Å²) >= 11 is 0. The second-order valence-electron chi connectivity index (χ2n) is 9.28. The minimum absolute atomic E-state index is 0.0922. The number of hydrogen-bond acceptors (Lipinski definition) is 5. The highest BCUT2D eigenvalue weighted by Crippen LogP contribution is 2.61. The van der Waals surface area contributed by atoms with Gasteiger partial charge in [-0.05, 0) is 68.1 Å². The van der Waals surface area contributed by atoms with Crippen molar-refractivity contribution < 1.29 is 15.0 Å². The van der Waals surface area contributed by atoms with Gasteiger partial charge in [-0.2, -0.15) is 0 Å². The maximum absolute atomic E-state index is 11.2. The Balaban J connectivity index is 1.28. The van der Waals surface area contributed by atoms with Crippen molar-refractivity contribution >= 4 is 11.9 Å². The summed E-state index contributed by atoms with van der Waals surface area (Å²) in [6.45, 7) is 1.28. The van der Waals surface area contributed by atoms with E-state index in [1.54, 1.807) is 0 Å². The lowest BCUT2D eigenvalue weighted by molar-refractivity contribution is -0.115. The number of carbonyl (C=O) groups is 1. The molecular formula is C20H28N4O3. The van der Waals surface area contributed by atoms with Crippen molar-refractivity contribution in [2.45, 2.75) is 57.6 Å². The zero-order chi connectivity index (χ0) is 18.6. The fourth-order valence-electron chi connectivity index (χ4n) is 6.67. The lowest BCUT2D eigenvalue weighted by Crippen LogP contribution is -2.53. The molecule has 27 heavy (non-hydrogen) atoms. The molecule has 5 aliphatic rings. The van der Waals surface area contributed by atoms with E-state index in [0.29, 0.717) is 26.1 Å². The van der Waals surface area contributed by atoms with Gasteiger partial charge in [0.2, 0.25) is 0 Å². The van der Waals surface area contributed by atoms with E-state index < -0.39 is 6.09 Å². The Morgan fingerprint density at radius 2 is 1.89 bits per heavy atom. The lowest BCUT2D eigenvalue weighted by Gasteiger charge is -2.58. The first-order valence-corrected chi connectivity index (χ1v) is 10.2. The largest absolute Gasteiger partial charge is 0.465 e. The van der Waals surface area contributed by atoms with Gasteiger partial charge in [-0.25, -0.2) is 14.8 Å². The van der Waals surface area contributed by atoms with Crippen molar-refractivity contribution in [3.63, 3.8) is 0 Å². The number of aliphatic hydroxyl groups excluding tert-OH is 1. The Bertz CT molecular complexity index is 717. The Labute approximate surface area is 159 Å².